The van der Waals surface area contributed by atoms with E-state index in [4.69, 9.17) is 5.11 Å². The Morgan fingerprint density at radius 3 is 2.59 bits per heavy atom. The molecule has 1 aliphatic rings. The number of carbonyl (C=O) groups excluding carboxylic acids is 1. The molecular weight excluding hydrogens is 242 g/mol. The lowest BCUT2D eigenvalue weighted by Crippen LogP contribution is -2.44. The molecule has 1 aliphatic carbocycles. The van der Waals surface area contributed by atoms with Crippen LogP contribution in [0.25, 0.3) is 0 Å². The number of rotatable bonds is 6. The van der Waals surface area contributed by atoms with Crippen LogP contribution >= 0.6 is 11.8 Å². The van der Waals surface area contributed by atoms with Gasteiger partial charge in [-0.05, 0) is 12.8 Å². The summed E-state index contributed by atoms with van der Waals surface area (Å²) in [5.41, 5.74) is 0. The monoisotopic (exact) mass is 261 g/mol. The molecule has 3 N–H and O–H groups in total. The number of carboxylic acids is 1. The maximum atomic E-state index is 11.5. The molecule has 0 aromatic heterocycles. The first kappa shape index (κ1) is 14.3. The highest BCUT2D eigenvalue weighted by Gasteiger charge is 2.25. The van der Waals surface area contributed by atoms with E-state index in [0.717, 1.165) is 37.4 Å². The number of carbonyl (C=O) groups is 2. The minimum absolute atomic E-state index is 0.0479. The largest absolute Gasteiger partial charge is 0.481 e. The van der Waals surface area contributed by atoms with E-state index in [1.807, 2.05) is 0 Å². The third-order valence-corrected chi connectivity index (χ3v) is 3.87. The summed E-state index contributed by atoms with van der Waals surface area (Å²) in [7, 11) is 0. The van der Waals surface area contributed by atoms with Crippen molar-refractivity contribution in [3.63, 3.8) is 0 Å². The van der Waals surface area contributed by atoms with E-state index in [1.165, 1.54) is 0 Å². The predicted octanol–water partition coefficient (Wildman–Crippen LogP) is 0.471. The Morgan fingerprint density at radius 2 is 1.94 bits per heavy atom. The Balaban J connectivity index is 2.26. The van der Waals surface area contributed by atoms with E-state index in [9.17, 15) is 14.7 Å². The topological polar surface area (TPSA) is 86.6 Å². The first-order valence-corrected chi connectivity index (χ1v) is 6.98. The summed E-state index contributed by atoms with van der Waals surface area (Å²) in [4.78, 5) is 21.8. The van der Waals surface area contributed by atoms with Gasteiger partial charge in [-0.2, -0.15) is 0 Å². The van der Waals surface area contributed by atoms with Gasteiger partial charge in [0.15, 0.2) is 0 Å². The quantitative estimate of drug-likeness (QED) is 0.647. The van der Waals surface area contributed by atoms with E-state index in [0.29, 0.717) is 0 Å². The van der Waals surface area contributed by atoms with Gasteiger partial charge >= 0.3 is 5.97 Å². The van der Waals surface area contributed by atoms with Gasteiger partial charge < -0.3 is 15.5 Å². The molecule has 0 aliphatic heterocycles. The van der Waals surface area contributed by atoms with Gasteiger partial charge in [0.25, 0.3) is 0 Å². The standard InChI is InChI=1S/C11H19NO4S/c13-5-8-3-1-2-4-9(8)12-10(14)6-17-7-11(15)16/h8-9,13H,1-7H2,(H,12,14)(H,15,16). The summed E-state index contributed by atoms with van der Waals surface area (Å²) in [6.07, 6.45) is 4.03. The van der Waals surface area contributed by atoms with Crippen LogP contribution in [0.1, 0.15) is 25.7 Å². The number of hydrogen-bond acceptors (Lipinski definition) is 4. The van der Waals surface area contributed by atoms with Crippen molar-refractivity contribution in [2.24, 2.45) is 5.92 Å². The van der Waals surface area contributed by atoms with E-state index in [2.05, 4.69) is 5.32 Å². The van der Waals surface area contributed by atoms with E-state index in [1.54, 1.807) is 0 Å². The predicted molar refractivity (Wildman–Crippen MR) is 65.9 cm³/mol. The summed E-state index contributed by atoms with van der Waals surface area (Å²) in [6.45, 7) is 0.104. The smallest absolute Gasteiger partial charge is 0.313 e. The first-order valence-electron chi connectivity index (χ1n) is 5.83. The molecule has 98 valence electrons. The molecule has 0 spiro atoms. The van der Waals surface area contributed by atoms with Crippen LogP contribution in [0.2, 0.25) is 0 Å². The van der Waals surface area contributed by atoms with Crippen molar-refractivity contribution in [1.82, 2.24) is 5.32 Å². The van der Waals surface area contributed by atoms with Crippen molar-refractivity contribution < 1.29 is 19.8 Å². The number of nitrogens with one attached hydrogen (secondary N) is 1. The zero-order valence-electron chi connectivity index (χ0n) is 9.72. The molecule has 2 atom stereocenters. The Bertz CT molecular complexity index is 272. The first-order chi connectivity index (χ1) is 8.13. The van der Waals surface area contributed by atoms with Crippen LogP contribution in [0.3, 0.4) is 0 Å². The van der Waals surface area contributed by atoms with Gasteiger partial charge in [-0.3, -0.25) is 9.59 Å². The van der Waals surface area contributed by atoms with E-state index in [-0.39, 0.29) is 36.0 Å². The van der Waals surface area contributed by atoms with Crippen LogP contribution in [-0.2, 0) is 9.59 Å². The van der Waals surface area contributed by atoms with E-state index < -0.39 is 5.97 Å². The molecule has 0 radical (unpaired) electrons. The normalized spacial score (nSPS) is 24.3. The van der Waals surface area contributed by atoms with Gasteiger partial charge in [0, 0.05) is 18.6 Å². The number of aliphatic hydroxyl groups excluding tert-OH is 1. The summed E-state index contributed by atoms with van der Waals surface area (Å²) in [5, 5.41) is 20.5. The van der Waals surface area contributed by atoms with Gasteiger partial charge in [-0.15, -0.1) is 11.8 Å². The minimum Gasteiger partial charge on any atom is -0.481 e. The maximum absolute atomic E-state index is 11.5. The van der Waals surface area contributed by atoms with Crippen molar-refractivity contribution in [1.29, 1.82) is 0 Å². The number of carboxylic acid groups (broad SMARTS) is 1. The fourth-order valence-electron chi connectivity index (χ4n) is 2.10. The molecule has 0 saturated heterocycles. The average Bonchev–Trinajstić information content (AvgIpc) is 2.29. The van der Waals surface area contributed by atoms with Crippen molar-refractivity contribution in [2.75, 3.05) is 18.1 Å². The van der Waals surface area contributed by atoms with Crippen LogP contribution in [0.5, 0.6) is 0 Å². The molecule has 1 rings (SSSR count). The zero-order valence-corrected chi connectivity index (χ0v) is 10.5. The zero-order chi connectivity index (χ0) is 12.7. The highest BCUT2D eigenvalue weighted by atomic mass is 32.2. The minimum atomic E-state index is -0.909. The molecule has 6 heteroatoms. The summed E-state index contributed by atoms with van der Waals surface area (Å²) in [6, 6.07) is 0.0479. The second-order valence-corrected chi connectivity index (χ2v) is 5.27. The number of aliphatic hydroxyl groups is 1. The molecule has 1 saturated carbocycles. The van der Waals surface area contributed by atoms with Gasteiger partial charge in [-0.1, -0.05) is 12.8 Å². The number of amides is 1. The third kappa shape index (κ3) is 5.41. The van der Waals surface area contributed by atoms with Crippen molar-refractivity contribution in [3.05, 3.63) is 0 Å². The van der Waals surface area contributed by atoms with Crippen molar-refractivity contribution in [2.45, 2.75) is 31.7 Å². The van der Waals surface area contributed by atoms with Crippen molar-refractivity contribution in [3.8, 4) is 0 Å². The Kier molecular flexibility index (Phi) is 6.36. The van der Waals surface area contributed by atoms with Crippen molar-refractivity contribution >= 4 is 23.6 Å². The molecule has 1 amide bonds. The van der Waals surface area contributed by atoms with Gasteiger partial charge in [-0.25, -0.2) is 0 Å². The van der Waals surface area contributed by atoms with Crippen LogP contribution in [0, 0.1) is 5.92 Å². The lowest BCUT2D eigenvalue weighted by Gasteiger charge is -2.30. The number of thioether (sulfide) groups is 1. The number of hydrogen-bond donors (Lipinski definition) is 3. The van der Waals surface area contributed by atoms with Gasteiger partial charge in [0.2, 0.25) is 5.91 Å². The SMILES string of the molecule is O=C(O)CSCC(=O)NC1CCCCC1CO. The molecule has 2 unspecified atom stereocenters. The molecule has 0 aromatic carbocycles. The fraction of sp³-hybridized carbons (Fsp3) is 0.818. The lowest BCUT2D eigenvalue weighted by molar-refractivity contribution is -0.133. The summed E-state index contributed by atoms with van der Waals surface area (Å²) < 4.78 is 0. The third-order valence-electron chi connectivity index (χ3n) is 2.95. The molecular formula is C11H19NO4S. The van der Waals surface area contributed by atoms with Gasteiger partial charge in [0.1, 0.15) is 0 Å². The van der Waals surface area contributed by atoms with Crippen LogP contribution in [0.4, 0.5) is 0 Å². The summed E-state index contributed by atoms with van der Waals surface area (Å²) in [5.74, 6) is -0.782. The Hall–Kier alpha value is -0.750. The van der Waals surface area contributed by atoms with Crippen LogP contribution in [-0.4, -0.2) is 46.2 Å². The molecule has 0 bridgehead atoms. The number of aliphatic carboxylic acids is 1. The highest BCUT2D eigenvalue weighted by molar-refractivity contribution is 8.00. The van der Waals surface area contributed by atoms with E-state index >= 15 is 0 Å². The van der Waals surface area contributed by atoms with Crippen LogP contribution in [0.15, 0.2) is 0 Å². The van der Waals surface area contributed by atoms with Gasteiger partial charge in [0.05, 0.1) is 11.5 Å². The summed E-state index contributed by atoms with van der Waals surface area (Å²) >= 11 is 1.09. The second-order valence-electron chi connectivity index (χ2n) is 4.29. The Morgan fingerprint density at radius 1 is 1.24 bits per heavy atom. The maximum Gasteiger partial charge on any atom is 0.313 e. The highest BCUT2D eigenvalue weighted by Crippen LogP contribution is 2.23. The molecule has 5 nitrogen and oxygen atoms in total. The Labute approximate surface area is 105 Å². The van der Waals surface area contributed by atoms with Crippen LogP contribution < -0.4 is 5.32 Å². The fourth-order valence-corrected chi connectivity index (χ4v) is 2.64. The molecule has 0 aromatic rings. The average molecular weight is 261 g/mol. The molecule has 0 heterocycles. The molecule has 1 fully saturated rings. The molecule has 17 heavy (non-hydrogen) atoms. The second kappa shape index (κ2) is 7.55. The lowest BCUT2D eigenvalue weighted by atomic mass is 9.85.